The third-order valence-electron chi connectivity index (χ3n) is 3.25. The van der Waals surface area contributed by atoms with Gasteiger partial charge in [0.25, 0.3) is 0 Å². The smallest absolute Gasteiger partial charge is 0.137 e. The van der Waals surface area contributed by atoms with Crippen LogP contribution in [0.3, 0.4) is 0 Å². The third-order valence-corrected chi connectivity index (χ3v) is 3.97. The molecule has 0 atom stereocenters. The standard InChI is InChI=1S/C17H17IO/c1-13-4-2-3-5-15(13)8-11-17(19)12-14-6-9-16(18)10-7-14/h2-7,9-10H,8,11-12H2,1H3. The largest absolute Gasteiger partial charge is 0.299 e. The summed E-state index contributed by atoms with van der Waals surface area (Å²) in [5.41, 5.74) is 3.65. The number of carbonyl (C=O) groups is 1. The summed E-state index contributed by atoms with van der Waals surface area (Å²) in [4.78, 5) is 12.0. The Morgan fingerprint density at radius 2 is 1.74 bits per heavy atom. The zero-order chi connectivity index (χ0) is 13.7. The van der Waals surface area contributed by atoms with Crippen molar-refractivity contribution in [2.24, 2.45) is 0 Å². The van der Waals surface area contributed by atoms with Crippen LogP contribution in [0.5, 0.6) is 0 Å². The van der Waals surface area contributed by atoms with Gasteiger partial charge in [0.05, 0.1) is 0 Å². The first-order chi connectivity index (χ1) is 9.15. The molecule has 0 aliphatic rings. The molecule has 0 fully saturated rings. The Morgan fingerprint density at radius 1 is 1.05 bits per heavy atom. The second-order valence-electron chi connectivity index (χ2n) is 4.77. The molecule has 98 valence electrons. The van der Waals surface area contributed by atoms with Gasteiger partial charge in [-0.2, -0.15) is 0 Å². The SMILES string of the molecule is Cc1ccccc1CCC(=O)Cc1ccc(I)cc1. The lowest BCUT2D eigenvalue weighted by Gasteiger charge is -2.05. The number of ketones is 1. The van der Waals surface area contributed by atoms with Gasteiger partial charge >= 0.3 is 0 Å². The molecule has 2 heteroatoms. The predicted octanol–water partition coefficient (Wildman–Crippen LogP) is 4.34. The summed E-state index contributed by atoms with van der Waals surface area (Å²) in [6, 6.07) is 16.4. The maximum Gasteiger partial charge on any atom is 0.137 e. The normalized spacial score (nSPS) is 10.4. The van der Waals surface area contributed by atoms with E-state index >= 15 is 0 Å². The Bertz CT molecular complexity index is 558. The van der Waals surface area contributed by atoms with E-state index in [1.807, 2.05) is 36.4 Å². The average Bonchev–Trinajstić information content (AvgIpc) is 2.40. The van der Waals surface area contributed by atoms with Crippen LogP contribution in [-0.4, -0.2) is 5.78 Å². The lowest BCUT2D eigenvalue weighted by molar-refractivity contribution is -0.118. The lowest BCUT2D eigenvalue weighted by atomic mass is 10.00. The van der Waals surface area contributed by atoms with Crippen LogP contribution in [0, 0.1) is 10.5 Å². The van der Waals surface area contributed by atoms with Gasteiger partial charge in [-0.15, -0.1) is 0 Å². The van der Waals surface area contributed by atoms with Crippen molar-refractivity contribution in [1.29, 1.82) is 0 Å². The number of halogens is 1. The highest BCUT2D eigenvalue weighted by atomic mass is 127. The molecule has 1 nitrogen and oxygen atoms in total. The van der Waals surface area contributed by atoms with Crippen LogP contribution in [0.25, 0.3) is 0 Å². The summed E-state index contributed by atoms with van der Waals surface area (Å²) >= 11 is 2.27. The van der Waals surface area contributed by atoms with Crippen LogP contribution in [0.2, 0.25) is 0 Å². The third kappa shape index (κ3) is 4.46. The number of benzene rings is 2. The molecule has 0 heterocycles. The highest BCUT2D eigenvalue weighted by Gasteiger charge is 2.05. The molecular weight excluding hydrogens is 347 g/mol. The Labute approximate surface area is 128 Å². The molecular formula is C17H17IO. The van der Waals surface area contributed by atoms with E-state index in [-0.39, 0.29) is 0 Å². The van der Waals surface area contributed by atoms with E-state index in [0.717, 1.165) is 12.0 Å². The molecule has 0 radical (unpaired) electrons. The fourth-order valence-corrected chi connectivity index (χ4v) is 2.44. The van der Waals surface area contributed by atoms with Gasteiger partial charge < -0.3 is 0 Å². The number of aryl methyl sites for hydroxylation is 2. The molecule has 2 aromatic rings. The molecule has 0 aliphatic carbocycles. The van der Waals surface area contributed by atoms with Crippen molar-refractivity contribution in [2.75, 3.05) is 0 Å². The Balaban J connectivity index is 1.88. The average molecular weight is 364 g/mol. The predicted molar refractivity (Wildman–Crippen MR) is 87.4 cm³/mol. The van der Waals surface area contributed by atoms with E-state index in [4.69, 9.17) is 0 Å². The minimum absolute atomic E-state index is 0.310. The highest BCUT2D eigenvalue weighted by Crippen LogP contribution is 2.12. The zero-order valence-electron chi connectivity index (χ0n) is 11.0. The second-order valence-corrected chi connectivity index (χ2v) is 6.01. The number of hydrogen-bond donors (Lipinski definition) is 0. The quantitative estimate of drug-likeness (QED) is 0.722. The van der Waals surface area contributed by atoms with Gasteiger partial charge in [0.1, 0.15) is 5.78 Å². The van der Waals surface area contributed by atoms with Gasteiger partial charge in [-0.3, -0.25) is 4.79 Å². The summed E-state index contributed by atoms with van der Waals surface area (Å²) in [6.45, 7) is 2.10. The Hall–Kier alpha value is -1.16. The first-order valence-electron chi connectivity index (χ1n) is 6.46. The van der Waals surface area contributed by atoms with Crippen molar-refractivity contribution in [3.05, 3.63) is 68.8 Å². The Kier molecular flexibility index (Phi) is 5.14. The van der Waals surface area contributed by atoms with E-state index in [1.165, 1.54) is 14.7 Å². The summed E-state index contributed by atoms with van der Waals surface area (Å²) in [5.74, 6) is 0.310. The number of rotatable bonds is 5. The van der Waals surface area contributed by atoms with Crippen LogP contribution >= 0.6 is 22.6 Å². The summed E-state index contributed by atoms with van der Waals surface area (Å²) in [5, 5.41) is 0. The van der Waals surface area contributed by atoms with Crippen molar-refractivity contribution in [3.63, 3.8) is 0 Å². The van der Waals surface area contributed by atoms with Crippen LogP contribution in [-0.2, 0) is 17.6 Å². The van der Waals surface area contributed by atoms with Gasteiger partial charge in [-0.1, -0.05) is 36.4 Å². The van der Waals surface area contributed by atoms with Crippen LogP contribution in [0.1, 0.15) is 23.1 Å². The van der Waals surface area contributed by atoms with Crippen molar-refractivity contribution < 1.29 is 4.79 Å². The van der Waals surface area contributed by atoms with Crippen molar-refractivity contribution >= 4 is 28.4 Å². The van der Waals surface area contributed by atoms with E-state index in [2.05, 4.69) is 41.6 Å². The van der Waals surface area contributed by atoms with Gasteiger partial charge in [-0.25, -0.2) is 0 Å². The van der Waals surface area contributed by atoms with Gasteiger partial charge in [0.15, 0.2) is 0 Å². The van der Waals surface area contributed by atoms with Gasteiger partial charge in [-0.05, 0) is 64.8 Å². The highest BCUT2D eigenvalue weighted by molar-refractivity contribution is 14.1. The summed E-state index contributed by atoms with van der Waals surface area (Å²) < 4.78 is 1.20. The summed E-state index contributed by atoms with van der Waals surface area (Å²) in [7, 11) is 0. The first kappa shape index (κ1) is 14.3. The van der Waals surface area contributed by atoms with E-state index in [1.54, 1.807) is 0 Å². The van der Waals surface area contributed by atoms with E-state index in [0.29, 0.717) is 18.6 Å². The van der Waals surface area contributed by atoms with Crippen molar-refractivity contribution in [3.8, 4) is 0 Å². The second kappa shape index (κ2) is 6.85. The number of hydrogen-bond acceptors (Lipinski definition) is 1. The van der Waals surface area contributed by atoms with Crippen LogP contribution < -0.4 is 0 Å². The van der Waals surface area contributed by atoms with Crippen LogP contribution in [0.15, 0.2) is 48.5 Å². The molecule has 2 rings (SSSR count). The van der Waals surface area contributed by atoms with Crippen molar-refractivity contribution in [2.45, 2.75) is 26.2 Å². The molecule has 0 spiro atoms. The molecule has 0 saturated carbocycles. The molecule has 0 aliphatic heterocycles. The molecule has 0 N–H and O–H groups in total. The first-order valence-corrected chi connectivity index (χ1v) is 7.53. The molecule has 2 aromatic carbocycles. The fraction of sp³-hybridized carbons (Fsp3) is 0.235. The minimum Gasteiger partial charge on any atom is -0.299 e. The summed E-state index contributed by atoms with van der Waals surface area (Å²) in [6.07, 6.45) is 2.01. The van der Waals surface area contributed by atoms with E-state index < -0.39 is 0 Å². The van der Waals surface area contributed by atoms with Gasteiger partial charge in [0.2, 0.25) is 0 Å². The molecule has 0 aromatic heterocycles. The maximum atomic E-state index is 12.0. The number of carbonyl (C=O) groups excluding carboxylic acids is 1. The zero-order valence-corrected chi connectivity index (χ0v) is 13.2. The molecule has 0 unspecified atom stereocenters. The number of Topliss-reactive ketones (excluding diaryl/α,β-unsaturated/α-hetero) is 1. The molecule has 0 amide bonds. The molecule has 0 saturated heterocycles. The van der Waals surface area contributed by atoms with E-state index in [9.17, 15) is 4.79 Å². The maximum absolute atomic E-state index is 12.0. The molecule has 19 heavy (non-hydrogen) atoms. The van der Waals surface area contributed by atoms with Crippen LogP contribution in [0.4, 0.5) is 0 Å². The minimum atomic E-state index is 0.310. The monoisotopic (exact) mass is 364 g/mol. The molecule has 0 bridgehead atoms. The topological polar surface area (TPSA) is 17.1 Å². The van der Waals surface area contributed by atoms with Gasteiger partial charge in [0, 0.05) is 16.4 Å². The lowest BCUT2D eigenvalue weighted by Crippen LogP contribution is -2.05. The fourth-order valence-electron chi connectivity index (χ4n) is 2.08. The Morgan fingerprint density at radius 3 is 2.42 bits per heavy atom. The van der Waals surface area contributed by atoms with Crippen molar-refractivity contribution in [1.82, 2.24) is 0 Å².